The molecule has 0 aromatic heterocycles. The van der Waals surface area contributed by atoms with E-state index < -0.39 is 34.3 Å². The summed E-state index contributed by atoms with van der Waals surface area (Å²) in [6.07, 6.45) is 16.2. The number of nitro benzene ring substituents is 1. The Bertz CT molecular complexity index is 899. The summed E-state index contributed by atoms with van der Waals surface area (Å²) >= 11 is 0. The predicted octanol–water partition coefficient (Wildman–Crippen LogP) is 7.88. The number of hydrogen-bond donors (Lipinski definition) is 1. The molecule has 0 heterocycles. The molecule has 9 heteroatoms. The van der Waals surface area contributed by atoms with E-state index in [4.69, 9.17) is 14.6 Å². The lowest BCUT2D eigenvalue weighted by atomic mass is 9.88. The molecule has 0 amide bonds. The highest BCUT2D eigenvalue weighted by Gasteiger charge is 2.27. The zero-order chi connectivity index (χ0) is 28.3. The van der Waals surface area contributed by atoms with Crippen molar-refractivity contribution < 1.29 is 33.9 Å². The van der Waals surface area contributed by atoms with Gasteiger partial charge in [-0.1, -0.05) is 84.0 Å². The van der Waals surface area contributed by atoms with Crippen molar-refractivity contribution in [1.82, 2.24) is 0 Å². The number of carboxylic acids is 1. The van der Waals surface area contributed by atoms with Crippen molar-refractivity contribution in [2.75, 3.05) is 0 Å². The maximum absolute atomic E-state index is 11.8. The van der Waals surface area contributed by atoms with Crippen molar-refractivity contribution in [3.8, 4) is 11.5 Å². The number of hydrogen-bond acceptors (Lipinski definition) is 7. The minimum absolute atomic E-state index is 0.000623. The van der Waals surface area contributed by atoms with Crippen LogP contribution in [0.15, 0.2) is 12.1 Å². The average molecular weight is 536 g/mol. The van der Waals surface area contributed by atoms with Crippen LogP contribution in [0.25, 0.3) is 0 Å². The van der Waals surface area contributed by atoms with E-state index in [1.54, 1.807) is 0 Å². The van der Waals surface area contributed by atoms with E-state index in [1.807, 2.05) is 0 Å². The number of nitrogens with zero attached hydrogens (tertiary/aromatic N) is 1. The molecule has 1 aromatic carbocycles. The molecular formula is C29H45NO8. The Kier molecular flexibility index (Phi) is 16.7. The normalized spacial score (nSPS) is 11.7. The quantitative estimate of drug-likeness (QED) is 0.0552. The molecule has 0 radical (unpaired) electrons. The van der Waals surface area contributed by atoms with Gasteiger partial charge in [0, 0.05) is 26.3 Å². The smallest absolute Gasteiger partial charge is 0.315 e. The SMILES string of the molecule is CCCCCCCCCCCCCCC(CCCC(=O)O)c1cc(OC(C)=O)c(OC(C)=O)c([N+](=O)[O-])c1. The van der Waals surface area contributed by atoms with Crippen molar-refractivity contribution >= 4 is 23.6 Å². The summed E-state index contributed by atoms with van der Waals surface area (Å²) in [5, 5.41) is 20.9. The van der Waals surface area contributed by atoms with Gasteiger partial charge in [-0.3, -0.25) is 24.5 Å². The van der Waals surface area contributed by atoms with Crippen LogP contribution in [0.5, 0.6) is 11.5 Å². The molecule has 38 heavy (non-hydrogen) atoms. The van der Waals surface area contributed by atoms with Gasteiger partial charge in [0.1, 0.15) is 0 Å². The molecule has 0 aliphatic rings. The topological polar surface area (TPSA) is 133 Å². The molecule has 1 rings (SSSR count). The first kappa shape index (κ1) is 33.1. The number of nitro groups is 1. The number of rotatable bonds is 21. The lowest BCUT2D eigenvalue weighted by Crippen LogP contribution is -2.11. The Balaban J connectivity index is 2.83. The Hall–Kier alpha value is -2.97. The number of carbonyl (C=O) groups excluding carboxylic acids is 2. The molecule has 0 spiro atoms. The molecule has 1 unspecified atom stereocenters. The molecule has 1 atom stereocenters. The van der Waals surface area contributed by atoms with Crippen LogP contribution in [0.4, 0.5) is 5.69 Å². The van der Waals surface area contributed by atoms with Crippen LogP contribution in [0.3, 0.4) is 0 Å². The fourth-order valence-corrected chi connectivity index (χ4v) is 4.67. The molecular weight excluding hydrogens is 490 g/mol. The summed E-state index contributed by atoms with van der Waals surface area (Å²) in [6, 6.07) is 2.84. The summed E-state index contributed by atoms with van der Waals surface area (Å²) in [5.74, 6) is -3.12. The van der Waals surface area contributed by atoms with Gasteiger partial charge in [0.25, 0.3) is 5.75 Å². The highest BCUT2D eigenvalue weighted by molar-refractivity contribution is 5.76. The minimum atomic E-state index is -0.897. The lowest BCUT2D eigenvalue weighted by Gasteiger charge is -2.19. The van der Waals surface area contributed by atoms with Crippen LogP contribution in [-0.2, 0) is 14.4 Å². The number of aliphatic carboxylic acids is 1. The second kappa shape index (κ2) is 19.2. The number of ether oxygens (including phenoxy) is 2. The van der Waals surface area contributed by atoms with Gasteiger partial charge in [0.2, 0.25) is 0 Å². The molecule has 1 aromatic rings. The monoisotopic (exact) mass is 535 g/mol. The van der Waals surface area contributed by atoms with Crippen molar-refractivity contribution in [2.45, 2.75) is 129 Å². The maximum atomic E-state index is 11.8. The van der Waals surface area contributed by atoms with Gasteiger partial charge in [0.15, 0.2) is 5.75 Å². The first-order chi connectivity index (χ1) is 18.1. The molecule has 1 N–H and O–H groups in total. The minimum Gasteiger partial charge on any atom is -0.481 e. The van der Waals surface area contributed by atoms with Crippen LogP contribution in [0.2, 0.25) is 0 Å². The molecule has 214 valence electrons. The molecule has 0 fully saturated rings. The van der Waals surface area contributed by atoms with Crippen LogP contribution < -0.4 is 9.47 Å². The fraction of sp³-hybridized carbons (Fsp3) is 0.690. The number of benzene rings is 1. The first-order valence-corrected chi connectivity index (χ1v) is 14.1. The van der Waals surface area contributed by atoms with Crippen molar-refractivity contribution in [2.24, 2.45) is 0 Å². The number of carbonyl (C=O) groups is 3. The fourth-order valence-electron chi connectivity index (χ4n) is 4.67. The Morgan fingerprint density at radius 1 is 0.816 bits per heavy atom. The first-order valence-electron chi connectivity index (χ1n) is 14.1. The van der Waals surface area contributed by atoms with E-state index in [9.17, 15) is 24.5 Å². The van der Waals surface area contributed by atoms with Crippen molar-refractivity contribution in [3.63, 3.8) is 0 Å². The number of esters is 2. The van der Waals surface area contributed by atoms with Crippen LogP contribution in [-0.4, -0.2) is 27.9 Å². The zero-order valence-corrected chi connectivity index (χ0v) is 23.3. The largest absolute Gasteiger partial charge is 0.481 e. The van der Waals surface area contributed by atoms with E-state index in [0.29, 0.717) is 18.4 Å². The lowest BCUT2D eigenvalue weighted by molar-refractivity contribution is -0.385. The van der Waals surface area contributed by atoms with E-state index in [1.165, 1.54) is 69.9 Å². The van der Waals surface area contributed by atoms with Gasteiger partial charge >= 0.3 is 23.6 Å². The zero-order valence-electron chi connectivity index (χ0n) is 23.3. The highest BCUT2D eigenvalue weighted by atomic mass is 16.6. The summed E-state index contributed by atoms with van der Waals surface area (Å²) in [5.41, 5.74) is 0.101. The van der Waals surface area contributed by atoms with Crippen LogP contribution >= 0.6 is 0 Å². The third kappa shape index (κ3) is 14.1. The Morgan fingerprint density at radius 3 is 1.79 bits per heavy atom. The van der Waals surface area contributed by atoms with Gasteiger partial charge in [-0.05, 0) is 36.8 Å². The molecule has 0 saturated carbocycles. The second-order valence-electron chi connectivity index (χ2n) is 9.97. The maximum Gasteiger partial charge on any atom is 0.315 e. The van der Waals surface area contributed by atoms with Crippen molar-refractivity contribution in [3.05, 3.63) is 27.8 Å². The van der Waals surface area contributed by atoms with E-state index in [2.05, 4.69) is 6.92 Å². The van der Waals surface area contributed by atoms with Crippen molar-refractivity contribution in [1.29, 1.82) is 0 Å². The van der Waals surface area contributed by atoms with Gasteiger partial charge in [-0.15, -0.1) is 0 Å². The second-order valence-corrected chi connectivity index (χ2v) is 9.97. The number of carboxylic acid groups (broad SMARTS) is 1. The molecule has 0 aliphatic carbocycles. The Labute approximate surface area is 226 Å². The summed E-state index contributed by atoms with van der Waals surface area (Å²) in [6.45, 7) is 4.49. The standard InChI is InChI=1S/C29H45NO8/c1-4-5-6-7-8-9-10-11-12-13-14-15-17-24(18-16-19-28(33)34)25-20-26(30(35)36)29(38-23(3)32)27(21-25)37-22(2)31/h20-21,24H,4-19H2,1-3H3,(H,33,34). The van der Waals surface area contributed by atoms with Gasteiger partial charge < -0.3 is 14.6 Å². The summed E-state index contributed by atoms with van der Waals surface area (Å²) in [7, 11) is 0. The molecule has 0 bridgehead atoms. The number of unbranched alkanes of at least 4 members (excludes halogenated alkanes) is 11. The van der Waals surface area contributed by atoms with E-state index >= 15 is 0 Å². The van der Waals surface area contributed by atoms with Crippen LogP contribution in [0.1, 0.15) is 135 Å². The van der Waals surface area contributed by atoms with Gasteiger partial charge in [-0.2, -0.15) is 0 Å². The van der Waals surface area contributed by atoms with E-state index in [0.717, 1.165) is 39.5 Å². The molecule has 0 saturated heterocycles. The van der Waals surface area contributed by atoms with Gasteiger partial charge in [-0.25, -0.2) is 0 Å². The molecule has 0 aliphatic heterocycles. The Morgan fingerprint density at radius 2 is 1.32 bits per heavy atom. The summed E-state index contributed by atoms with van der Waals surface area (Å²) in [4.78, 5) is 45.4. The van der Waals surface area contributed by atoms with Gasteiger partial charge in [0.05, 0.1) is 4.92 Å². The average Bonchev–Trinajstić information content (AvgIpc) is 2.83. The van der Waals surface area contributed by atoms with Crippen LogP contribution in [0, 0.1) is 10.1 Å². The third-order valence-corrected chi connectivity index (χ3v) is 6.57. The third-order valence-electron chi connectivity index (χ3n) is 6.57. The van der Waals surface area contributed by atoms with E-state index in [-0.39, 0.29) is 18.1 Å². The highest BCUT2D eigenvalue weighted by Crippen LogP contribution is 2.42. The molecule has 9 nitrogen and oxygen atoms in total. The predicted molar refractivity (Wildman–Crippen MR) is 146 cm³/mol. The summed E-state index contributed by atoms with van der Waals surface area (Å²) < 4.78 is 10.2.